The fourth-order valence-corrected chi connectivity index (χ4v) is 5.42. The predicted molar refractivity (Wildman–Crippen MR) is 199 cm³/mol. The highest BCUT2D eigenvalue weighted by atomic mass is 31.2. The van der Waals surface area contributed by atoms with Crippen molar-refractivity contribution >= 4 is 25.7 Å². The number of carboxylic acid groups (broad SMARTS) is 1. The second-order valence-electron chi connectivity index (χ2n) is 12.4. The number of esters is 1. The van der Waals surface area contributed by atoms with E-state index in [0.29, 0.717) is 12.8 Å². The van der Waals surface area contributed by atoms with Gasteiger partial charge in [-0.15, -0.1) is 0 Å². The maximum atomic E-state index is 12.1. The number of phosphoric ester groups is 1. The molecule has 0 rings (SSSR count). The van der Waals surface area contributed by atoms with Crippen molar-refractivity contribution in [3.05, 3.63) is 48.6 Å². The van der Waals surface area contributed by atoms with Crippen molar-refractivity contribution in [2.75, 3.05) is 19.8 Å². The van der Waals surface area contributed by atoms with Crippen molar-refractivity contribution in [1.82, 2.24) is 5.32 Å². The van der Waals surface area contributed by atoms with Gasteiger partial charge in [0.1, 0.15) is 12.7 Å². The number of carbonyl (C=O) groups excluding carboxylic acids is 2. The van der Waals surface area contributed by atoms with Crippen LogP contribution in [0, 0.1) is 0 Å². The van der Waals surface area contributed by atoms with Gasteiger partial charge in [0.2, 0.25) is 5.91 Å². The number of aliphatic carboxylic acids is 1. The van der Waals surface area contributed by atoms with Gasteiger partial charge in [0, 0.05) is 12.8 Å². The fourth-order valence-electron chi connectivity index (χ4n) is 4.65. The minimum Gasteiger partial charge on any atom is -0.480 e. The van der Waals surface area contributed by atoms with Gasteiger partial charge in [-0.05, 0) is 57.8 Å². The molecular formula is C38H66NO10P. The molecule has 1 amide bonds. The Morgan fingerprint density at radius 2 is 1.10 bits per heavy atom. The first-order valence-corrected chi connectivity index (χ1v) is 20.2. The van der Waals surface area contributed by atoms with Gasteiger partial charge in [-0.3, -0.25) is 18.6 Å². The number of nitrogens with one attached hydrogen (secondary N) is 1. The maximum absolute atomic E-state index is 12.1. The van der Waals surface area contributed by atoms with Crippen molar-refractivity contribution in [2.24, 2.45) is 0 Å². The molecule has 0 aliphatic rings. The van der Waals surface area contributed by atoms with Crippen LogP contribution in [0.5, 0.6) is 0 Å². The zero-order valence-electron chi connectivity index (χ0n) is 30.7. The van der Waals surface area contributed by atoms with Gasteiger partial charge < -0.3 is 25.2 Å². The second-order valence-corrected chi connectivity index (χ2v) is 13.9. The summed E-state index contributed by atoms with van der Waals surface area (Å²) in [6.07, 6.45) is 34.9. The van der Waals surface area contributed by atoms with Crippen LogP contribution in [-0.2, 0) is 32.7 Å². The number of unbranched alkanes of at least 4 members (excludes halogenated alkanes) is 12. The number of aliphatic hydroxyl groups excluding tert-OH is 1. The predicted octanol–water partition coefficient (Wildman–Crippen LogP) is 8.66. The molecule has 0 saturated carbocycles. The zero-order valence-corrected chi connectivity index (χ0v) is 31.6. The summed E-state index contributed by atoms with van der Waals surface area (Å²) in [6, 6.07) is -1.54. The summed E-state index contributed by atoms with van der Waals surface area (Å²) in [5.74, 6) is -2.42. The molecule has 0 saturated heterocycles. The highest BCUT2D eigenvalue weighted by molar-refractivity contribution is 7.47. The van der Waals surface area contributed by atoms with E-state index in [2.05, 4.69) is 67.8 Å². The molecule has 0 aromatic rings. The first kappa shape index (κ1) is 47.4. The topological polar surface area (TPSA) is 169 Å². The lowest BCUT2D eigenvalue weighted by atomic mass is 10.1. The standard InChI is InChI=1S/C38H66NO10P/c1-3-5-7-9-10-11-12-13-14-15-16-17-18-19-20-21-22-23-24-26-28-30-37(42)47-31-34(40)32-48-50(45,46)49-33-35(38(43)44)39-36(41)29-27-25-8-6-4-2/h10-11,13-14,16-17,19-20,34-35,40H,3-9,12,15,18,21-33H2,1-2H3,(H,39,41)(H,43,44)(H,45,46)/b11-10-,14-13-,17-16-,20-19-. The minimum absolute atomic E-state index is 0.138. The Morgan fingerprint density at radius 3 is 1.68 bits per heavy atom. The monoisotopic (exact) mass is 727 g/mol. The first-order valence-electron chi connectivity index (χ1n) is 18.7. The lowest BCUT2D eigenvalue weighted by molar-refractivity contribution is -0.147. The summed E-state index contributed by atoms with van der Waals surface area (Å²) in [5.41, 5.74) is 0. The van der Waals surface area contributed by atoms with Crippen LogP contribution >= 0.6 is 7.82 Å². The van der Waals surface area contributed by atoms with Crippen LogP contribution in [0.4, 0.5) is 0 Å². The normalized spacial score (nSPS) is 14.5. The van der Waals surface area contributed by atoms with Crippen LogP contribution in [0.15, 0.2) is 48.6 Å². The Morgan fingerprint density at radius 1 is 0.640 bits per heavy atom. The summed E-state index contributed by atoms with van der Waals surface area (Å²) < 4.78 is 26.5. The average Bonchev–Trinajstić information content (AvgIpc) is 3.08. The number of aliphatic hydroxyl groups is 1. The summed E-state index contributed by atoms with van der Waals surface area (Å²) in [6.45, 7) is 2.38. The Balaban J connectivity index is 3.90. The van der Waals surface area contributed by atoms with Gasteiger partial charge >= 0.3 is 19.8 Å². The van der Waals surface area contributed by atoms with Gasteiger partial charge in [0.05, 0.1) is 13.2 Å². The molecular weight excluding hydrogens is 661 g/mol. The Bertz CT molecular complexity index is 1040. The van der Waals surface area contributed by atoms with E-state index >= 15 is 0 Å². The molecule has 288 valence electrons. The number of rotatable bonds is 34. The summed E-state index contributed by atoms with van der Waals surface area (Å²) >= 11 is 0. The first-order chi connectivity index (χ1) is 24.1. The molecule has 0 aliphatic heterocycles. The number of amides is 1. The molecule has 0 aromatic heterocycles. The van der Waals surface area contributed by atoms with E-state index in [9.17, 15) is 34.1 Å². The molecule has 0 bridgehead atoms. The SMILES string of the molecule is CCCCC/C=C\C/C=C\C/C=C\C/C=C\CCCCCCCC(=O)OCC(O)COP(=O)(O)OCC(NC(=O)CCCCCCC)C(=O)O. The number of hydrogen-bond acceptors (Lipinski definition) is 8. The zero-order chi connectivity index (χ0) is 37.1. The van der Waals surface area contributed by atoms with Crippen LogP contribution in [0.25, 0.3) is 0 Å². The lowest BCUT2D eigenvalue weighted by Gasteiger charge is -2.18. The highest BCUT2D eigenvalue weighted by Crippen LogP contribution is 2.43. The summed E-state index contributed by atoms with van der Waals surface area (Å²) in [4.78, 5) is 45.3. The van der Waals surface area contributed by atoms with Crippen molar-refractivity contribution in [1.29, 1.82) is 0 Å². The average molecular weight is 728 g/mol. The molecule has 3 unspecified atom stereocenters. The minimum atomic E-state index is -4.74. The molecule has 0 fully saturated rings. The van der Waals surface area contributed by atoms with Gasteiger partial charge in [0.15, 0.2) is 6.04 Å². The van der Waals surface area contributed by atoms with Gasteiger partial charge in [0.25, 0.3) is 0 Å². The van der Waals surface area contributed by atoms with E-state index in [4.69, 9.17) is 13.8 Å². The third-order valence-corrected chi connectivity index (χ3v) is 8.57. The van der Waals surface area contributed by atoms with E-state index in [-0.39, 0.29) is 12.8 Å². The van der Waals surface area contributed by atoms with E-state index in [1.807, 2.05) is 0 Å². The third kappa shape index (κ3) is 32.6. The third-order valence-electron chi connectivity index (χ3n) is 7.62. The van der Waals surface area contributed by atoms with Crippen LogP contribution in [0.2, 0.25) is 0 Å². The number of phosphoric acid groups is 1. The van der Waals surface area contributed by atoms with Gasteiger partial charge in [-0.1, -0.05) is 120 Å². The van der Waals surface area contributed by atoms with E-state index in [1.54, 1.807) is 0 Å². The van der Waals surface area contributed by atoms with Crippen molar-refractivity contribution in [2.45, 2.75) is 154 Å². The molecule has 12 heteroatoms. The highest BCUT2D eigenvalue weighted by Gasteiger charge is 2.28. The molecule has 50 heavy (non-hydrogen) atoms. The largest absolute Gasteiger partial charge is 0.480 e. The summed E-state index contributed by atoms with van der Waals surface area (Å²) in [7, 11) is -4.74. The Kier molecular flexibility index (Phi) is 31.9. The number of allylic oxidation sites excluding steroid dienone is 8. The van der Waals surface area contributed by atoms with Crippen LogP contribution < -0.4 is 5.32 Å². The van der Waals surface area contributed by atoms with Crippen LogP contribution in [0.3, 0.4) is 0 Å². The Labute approximate surface area is 301 Å². The molecule has 0 aliphatic carbocycles. The quantitative estimate of drug-likeness (QED) is 0.0218. The molecule has 3 atom stereocenters. The number of carbonyl (C=O) groups is 3. The molecule has 0 aromatic carbocycles. The maximum Gasteiger partial charge on any atom is 0.472 e. The van der Waals surface area contributed by atoms with Crippen molar-refractivity contribution < 1.29 is 47.8 Å². The van der Waals surface area contributed by atoms with Crippen molar-refractivity contribution in [3.8, 4) is 0 Å². The second kappa shape index (κ2) is 33.6. The fraction of sp³-hybridized carbons (Fsp3) is 0.711. The molecule has 4 N–H and O–H groups in total. The molecule has 0 spiro atoms. The number of ether oxygens (including phenoxy) is 1. The van der Waals surface area contributed by atoms with E-state index in [0.717, 1.165) is 77.0 Å². The number of carboxylic acids is 1. The number of hydrogen-bond donors (Lipinski definition) is 4. The molecule has 0 heterocycles. The van der Waals surface area contributed by atoms with Gasteiger partial charge in [-0.2, -0.15) is 0 Å². The molecule has 0 radical (unpaired) electrons. The van der Waals surface area contributed by atoms with Crippen LogP contribution in [0.1, 0.15) is 142 Å². The lowest BCUT2D eigenvalue weighted by Crippen LogP contribution is -2.43. The van der Waals surface area contributed by atoms with Crippen molar-refractivity contribution in [3.63, 3.8) is 0 Å². The smallest absolute Gasteiger partial charge is 0.472 e. The Hall–Kier alpha value is -2.56. The van der Waals surface area contributed by atoms with E-state index < -0.39 is 57.6 Å². The summed E-state index contributed by atoms with van der Waals surface area (Å²) in [5, 5.41) is 21.5. The van der Waals surface area contributed by atoms with Crippen LogP contribution in [-0.4, -0.2) is 64.9 Å². The van der Waals surface area contributed by atoms with E-state index in [1.165, 1.54) is 25.7 Å². The van der Waals surface area contributed by atoms with Gasteiger partial charge in [-0.25, -0.2) is 9.36 Å². The molecule has 11 nitrogen and oxygen atoms in total.